The summed E-state index contributed by atoms with van der Waals surface area (Å²) in [4.78, 5) is 38.2. The molecule has 0 unspecified atom stereocenters. The summed E-state index contributed by atoms with van der Waals surface area (Å²) in [6, 6.07) is 2.78. The average molecular weight is 455 g/mol. The molecule has 11 heteroatoms. The number of halogens is 4. The number of amides is 3. The van der Waals surface area contributed by atoms with Crippen molar-refractivity contribution in [2.75, 3.05) is 6.54 Å². The summed E-state index contributed by atoms with van der Waals surface area (Å²) < 4.78 is 55.1. The van der Waals surface area contributed by atoms with E-state index in [0.29, 0.717) is 18.4 Å². The lowest BCUT2D eigenvalue weighted by atomic mass is 9.93. The Morgan fingerprint density at radius 2 is 1.91 bits per heavy atom. The van der Waals surface area contributed by atoms with Gasteiger partial charge in [-0.15, -0.1) is 19.6 Å². The van der Waals surface area contributed by atoms with Crippen molar-refractivity contribution >= 4 is 17.7 Å². The van der Waals surface area contributed by atoms with Gasteiger partial charge in [-0.25, -0.2) is 4.39 Å². The Hall–Kier alpha value is -3.29. The predicted molar refractivity (Wildman–Crippen MR) is 104 cm³/mol. The van der Waals surface area contributed by atoms with Crippen molar-refractivity contribution in [3.05, 3.63) is 29.8 Å². The number of likely N-dealkylation sites (tertiary alicyclic amines) is 1. The number of carbonyl (C=O) groups excluding carboxylic acids is 3. The van der Waals surface area contributed by atoms with Gasteiger partial charge in [-0.3, -0.25) is 14.4 Å². The number of alkyl halides is 4. The molecule has 1 aromatic carbocycles. The standard InChI is InChI=1S/C21H21F4N3O4/c1-2-14(10-17(26)29)27-18(30)16-9-13(22)11-28(16)19(31)20(7-8-20)12-3-5-15(6-4-12)32-21(23,24)25/h1,3-6,13-14,16H,7-11H2,(H2,26,29)(H,27,30)/t13-,14+,16-/m0/s1. The third-order valence-corrected chi connectivity index (χ3v) is 5.54. The largest absolute Gasteiger partial charge is 0.573 e. The van der Waals surface area contributed by atoms with Crippen molar-refractivity contribution in [3.63, 3.8) is 0 Å². The molecule has 0 radical (unpaired) electrons. The van der Waals surface area contributed by atoms with Crippen molar-refractivity contribution in [1.82, 2.24) is 10.2 Å². The number of primary amides is 1. The van der Waals surface area contributed by atoms with Gasteiger partial charge >= 0.3 is 6.36 Å². The molecule has 1 heterocycles. The Balaban J connectivity index is 1.75. The van der Waals surface area contributed by atoms with Crippen molar-refractivity contribution in [2.45, 2.75) is 55.7 Å². The van der Waals surface area contributed by atoms with Crippen LogP contribution < -0.4 is 15.8 Å². The van der Waals surface area contributed by atoms with Crippen LogP contribution in [0, 0.1) is 12.3 Å². The van der Waals surface area contributed by atoms with Crippen LogP contribution in [0.1, 0.15) is 31.2 Å². The third-order valence-electron chi connectivity index (χ3n) is 5.54. The van der Waals surface area contributed by atoms with E-state index in [1.165, 1.54) is 12.1 Å². The minimum atomic E-state index is -4.84. The van der Waals surface area contributed by atoms with Gasteiger partial charge in [0.25, 0.3) is 0 Å². The molecule has 7 nitrogen and oxygen atoms in total. The highest BCUT2D eigenvalue weighted by atomic mass is 19.4. The molecule has 3 N–H and O–H groups in total. The van der Waals surface area contributed by atoms with Crippen LogP contribution >= 0.6 is 0 Å². The molecule has 2 fully saturated rings. The summed E-state index contributed by atoms with van der Waals surface area (Å²) in [7, 11) is 0. The van der Waals surface area contributed by atoms with Gasteiger partial charge in [0.05, 0.1) is 24.4 Å². The molecule has 172 valence electrons. The number of nitrogens with zero attached hydrogens (tertiary/aromatic N) is 1. The molecule has 1 aliphatic carbocycles. The van der Waals surface area contributed by atoms with Gasteiger partial charge in [-0.1, -0.05) is 18.1 Å². The number of benzene rings is 1. The van der Waals surface area contributed by atoms with E-state index >= 15 is 0 Å². The second-order valence-corrected chi connectivity index (χ2v) is 7.86. The van der Waals surface area contributed by atoms with Crippen LogP contribution in [0.2, 0.25) is 0 Å². The Morgan fingerprint density at radius 1 is 1.28 bits per heavy atom. The average Bonchev–Trinajstić information content (AvgIpc) is 3.41. The second kappa shape index (κ2) is 8.68. The summed E-state index contributed by atoms with van der Waals surface area (Å²) in [5.74, 6) is -0.142. The molecular weight excluding hydrogens is 434 g/mol. The van der Waals surface area contributed by atoms with Gasteiger partial charge in [0.1, 0.15) is 18.0 Å². The molecule has 0 aromatic heterocycles. The van der Waals surface area contributed by atoms with Crippen molar-refractivity contribution in [1.29, 1.82) is 0 Å². The molecule has 3 amide bonds. The molecule has 1 aromatic rings. The molecule has 1 saturated carbocycles. The van der Waals surface area contributed by atoms with Crippen LogP contribution in [0.25, 0.3) is 0 Å². The Morgan fingerprint density at radius 3 is 2.41 bits per heavy atom. The zero-order valence-electron chi connectivity index (χ0n) is 16.8. The highest BCUT2D eigenvalue weighted by molar-refractivity contribution is 5.96. The molecular formula is C21H21F4N3O4. The summed E-state index contributed by atoms with van der Waals surface area (Å²) in [6.45, 7) is -0.301. The minimum absolute atomic E-state index is 0.236. The quantitative estimate of drug-likeness (QED) is 0.481. The first-order chi connectivity index (χ1) is 14.9. The number of terminal acetylenes is 1. The highest BCUT2D eigenvalue weighted by Gasteiger charge is 2.56. The molecule has 2 aliphatic rings. The number of nitrogens with two attached hydrogens (primary N) is 1. The molecule has 1 aliphatic heterocycles. The van der Waals surface area contributed by atoms with Crippen LogP contribution in [0.3, 0.4) is 0 Å². The SMILES string of the molecule is C#C[C@H](CC(N)=O)NC(=O)[C@@H]1C[C@H](F)CN1C(=O)C1(c2ccc(OC(F)(F)F)cc2)CC1. The normalized spacial score (nSPS) is 22.5. The van der Waals surface area contributed by atoms with E-state index in [0.717, 1.165) is 17.0 Å². The zero-order chi connectivity index (χ0) is 23.7. The van der Waals surface area contributed by atoms with Crippen LogP contribution in [0.5, 0.6) is 5.75 Å². The van der Waals surface area contributed by atoms with E-state index < -0.39 is 53.5 Å². The lowest BCUT2D eigenvalue weighted by Gasteiger charge is -2.29. The van der Waals surface area contributed by atoms with Crippen molar-refractivity contribution in [3.8, 4) is 18.1 Å². The molecule has 0 spiro atoms. The number of hydrogen-bond donors (Lipinski definition) is 2. The number of rotatable bonds is 7. The van der Waals surface area contributed by atoms with Gasteiger partial charge in [0.15, 0.2) is 0 Å². The topological polar surface area (TPSA) is 102 Å². The summed E-state index contributed by atoms with van der Waals surface area (Å²) >= 11 is 0. The maximum absolute atomic E-state index is 14.2. The van der Waals surface area contributed by atoms with Crippen molar-refractivity contribution < 1.29 is 36.7 Å². The van der Waals surface area contributed by atoms with Crippen LogP contribution in [-0.2, 0) is 19.8 Å². The van der Waals surface area contributed by atoms with E-state index in [9.17, 15) is 31.9 Å². The van der Waals surface area contributed by atoms with Crippen LogP contribution in [0.4, 0.5) is 17.6 Å². The predicted octanol–water partition coefficient (Wildman–Crippen LogP) is 1.55. The Bertz CT molecular complexity index is 938. The number of ether oxygens (including phenoxy) is 1. The zero-order valence-corrected chi connectivity index (χ0v) is 16.8. The van der Waals surface area contributed by atoms with E-state index in [-0.39, 0.29) is 19.4 Å². The third kappa shape index (κ3) is 5.12. The first-order valence-corrected chi connectivity index (χ1v) is 9.81. The smallest absolute Gasteiger partial charge is 0.406 e. The van der Waals surface area contributed by atoms with Crippen LogP contribution in [0.15, 0.2) is 24.3 Å². The Labute approximate surface area is 181 Å². The summed E-state index contributed by atoms with van der Waals surface area (Å²) in [5.41, 5.74) is 4.50. The van der Waals surface area contributed by atoms with Crippen molar-refractivity contribution in [2.24, 2.45) is 5.73 Å². The fourth-order valence-electron chi connectivity index (χ4n) is 3.88. The fourth-order valence-corrected chi connectivity index (χ4v) is 3.88. The van der Waals surface area contributed by atoms with E-state index in [1.807, 2.05) is 0 Å². The van der Waals surface area contributed by atoms with Gasteiger partial charge in [0.2, 0.25) is 17.7 Å². The minimum Gasteiger partial charge on any atom is -0.406 e. The van der Waals surface area contributed by atoms with Crippen LogP contribution in [-0.4, -0.2) is 53.8 Å². The van der Waals surface area contributed by atoms with E-state index in [2.05, 4.69) is 16.0 Å². The fraction of sp³-hybridized carbons (Fsp3) is 0.476. The number of hydrogen-bond acceptors (Lipinski definition) is 4. The number of nitrogens with one attached hydrogen (secondary N) is 1. The molecule has 32 heavy (non-hydrogen) atoms. The van der Waals surface area contributed by atoms with Gasteiger partial charge in [-0.2, -0.15) is 0 Å². The molecule has 0 bridgehead atoms. The maximum Gasteiger partial charge on any atom is 0.573 e. The van der Waals surface area contributed by atoms with Gasteiger partial charge < -0.3 is 20.7 Å². The first kappa shape index (κ1) is 23.4. The highest BCUT2D eigenvalue weighted by Crippen LogP contribution is 2.51. The summed E-state index contributed by atoms with van der Waals surface area (Å²) in [6.07, 6.45) is -0.725. The Kier molecular flexibility index (Phi) is 6.34. The molecule has 1 saturated heterocycles. The first-order valence-electron chi connectivity index (χ1n) is 9.81. The molecule has 3 rings (SSSR count). The van der Waals surface area contributed by atoms with Gasteiger partial charge in [0, 0.05) is 6.42 Å². The maximum atomic E-state index is 14.2. The monoisotopic (exact) mass is 455 g/mol. The second-order valence-electron chi connectivity index (χ2n) is 7.86. The lowest BCUT2D eigenvalue weighted by Crippen LogP contribution is -2.51. The number of carbonyl (C=O) groups is 3. The molecule has 3 atom stereocenters. The summed E-state index contributed by atoms with van der Waals surface area (Å²) in [5, 5.41) is 2.43. The van der Waals surface area contributed by atoms with E-state index in [4.69, 9.17) is 12.2 Å². The van der Waals surface area contributed by atoms with E-state index in [1.54, 1.807) is 0 Å². The lowest BCUT2D eigenvalue weighted by molar-refractivity contribution is -0.274. The van der Waals surface area contributed by atoms with Gasteiger partial charge in [-0.05, 0) is 30.5 Å².